The van der Waals surface area contributed by atoms with E-state index in [4.69, 9.17) is 13.8 Å². The number of rotatable bonds is 7. The Hall–Kier alpha value is -2.79. The number of sulfone groups is 1. The molecular weight excluding hydrogens is 434 g/mol. The number of benzene rings is 1. The highest BCUT2D eigenvalue weighted by Crippen LogP contribution is 2.27. The lowest BCUT2D eigenvalue weighted by atomic mass is 10.1. The van der Waals surface area contributed by atoms with Crippen molar-refractivity contribution < 1.29 is 22.2 Å². The topological polar surface area (TPSA) is 124 Å². The Bertz CT molecular complexity index is 1150. The zero-order valence-electron chi connectivity index (χ0n) is 18.6. The Morgan fingerprint density at radius 2 is 1.66 bits per heavy atom. The van der Waals surface area contributed by atoms with Crippen LogP contribution in [0.15, 0.2) is 38.2 Å². The number of nitrogens with zero attached hydrogens (tertiary/aromatic N) is 5. The van der Waals surface area contributed by atoms with Gasteiger partial charge in [0.2, 0.25) is 11.7 Å². The van der Waals surface area contributed by atoms with E-state index in [0.717, 1.165) is 25.9 Å². The van der Waals surface area contributed by atoms with Crippen LogP contribution in [0.25, 0.3) is 11.4 Å². The lowest BCUT2D eigenvalue weighted by Gasteiger charge is -2.31. The van der Waals surface area contributed by atoms with Gasteiger partial charge in [-0.05, 0) is 49.2 Å². The average Bonchev–Trinajstić information content (AvgIpc) is 3.44. The van der Waals surface area contributed by atoms with Crippen molar-refractivity contribution in [3.05, 3.63) is 36.0 Å². The van der Waals surface area contributed by atoms with Gasteiger partial charge in [0.25, 0.3) is 11.8 Å². The molecule has 172 valence electrons. The fourth-order valence-electron chi connectivity index (χ4n) is 3.50. The van der Waals surface area contributed by atoms with Crippen molar-refractivity contribution >= 4 is 15.8 Å². The summed E-state index contributed by atoms with van der Waals surface area (Å²) in [6, 6.07) is 6.38. The average molecular weight is 462 g/mol. The lowest BCUT2D eigenvalue weighted by Crippen LogP contribution is -2.38. The van der Waals surface area contributed by atoms with Crippen molar-refractivity contribution in [1.82, 2.24) is 20.3 Å². The number of hydrogen-bond acceptors (Lipinski definition) is 10. The van der Waals surface area contributed by atoms with Crippen LogP contribution in [0.5, 0.6) is 0 Å². The Labute approximate surface area is 186 Å². The normalized spacial score (nSPS) is 16.6. The number of aromatic nitrogens is 4. The molecule has 1 fully saturated rings. The van der Waals surface area contributed by atoms with Crippen molar-refractivity contribution in [3.8, 4) is 11.4 Å². The van der Waals surface area contributed by atoms with Crippen LogP contribution in [0, 0.1) is 0 Å². The number of anilines is 1. The molecule has 1 aliphatic rings. The molecule has 1 aromatic carbocycles. The molecule has 1 saturated heterocycles. The smallest absolute Gasteiger partial charge is 0.266 e. The summed E-state index contributed by atoms with van der Waals surface area (Å²) in [5.41, 5.74) is 0.675. The van der Waals surface area contributed by atoms with Gasteiger partial charge in [-0.2, -0.15) is 9.97 Å². The van der Waals surface area contributed by atoms with Crippen LogP contribution in [0.4, 0.5) is 5.95 Å². The lowest BCUT2D eigenvalue weighted by molar-refractivity contribution is -0.0300. The molecule has 4 rings (SSSR count). The second-order valence-electron chi connectivity index (χ2n) is 8.30. The molecule has 0 spiro atoms. The van der Waals surface area contributed by atoms with Gasteiger partial charge in [-0.3, -0.25) is 0 Å². The first-order valence-corrected chi connectivity index (χ1v) is 12.5. The second-order valence-corrected chi connectivity index (χ2v) is 10.3. The van der Waals surface area contributed by atoms with E-state index in [2.05, 4.69) is 25.2 Å². The first kappa shape index (κ1) is 22.4. The summed E-state index contributed by atoms with van der Waals surface area (Å²) in [5, 5.41) is 8.09. The zero-order valence-corrected chi connectivity index (χ0v) is 19.4. The van der Waals surface area contributed by atoms with Gasteiger partial charge in [0.1, 0.15) is 6.10 Å². The molecule has 0 bridgehead atoms. The molecule has 0 saturated carbocycles. The molecular formula is C21H27N5O5S. The van der Waals surface area contributed by atoms with Crippen LogP contribution in [0.1, 0.15) is 57.4 Å². The van der Waals surface area contributed by atoms with Crippen LogP contribution in [-0.2, 0) is 14.6 Å². The van der Waals surface area contributed by atoms with Gasteiger partial charge < -0.3 is 18.7 Å². The minimum Gasteiger partial charge on any atom is -0.365 e. The number of hydrogen-bond donors (Lipinski definition) is 0. The van der Waals surface area contributed by atoms with Gasteiger partial charge >= 0.3 is 0 Å². The van der Waals surface area contributed by atoms with Crippen molar-refractivity contribution in [2.45, 2.75) is 56.6 Å². The highest BCUT2D eigenvalue weighted by atomic mass is 32.2. The van der Waals surface area contributed by atoms with E-state index in [1.165, 1.54) is 18.4 Å². The number of ether oxygens (including phenoxy) is 1. The summed E-state index contributed by atoms with van der Waals surface area (Å²) >= 11 is 0. The molecule has 11 heteroatoms. The molecule has 0 aliphatic carbocycles. The van der Waals surface area contributed by atoms with Crippen molar-refractivity contribution in [2.75, 3.05) is 24.2 Å². The molecule has 1 aliphatic heterocycles. The van der Waals surface area contributed by atoms with E-state index in [0.29, 0.717) is 29.1 Å². The number of piperidine rings is 1. The van der Waals surface area contributed by atoms with Crippen LogP contribution in [0.2, 0.25) is 0 Å². The van der Waals surface area contributed by atoms with E-state index in [-0.39, 0.29) is 23.0 Å². The summed E-state index contributed by atoms with van der Waals surface area (Å²) in [6.45, 7) is 7.47. The standard InChI is InChI=1S/C21H27N5O5S/c1-13(2)19-23-21(25-30-19)26-11-9-16(10-12-26)29-14(3)20-22-18(24-31-20)15-5-7-17(8-6-15)32(4,27)28/h5-8,13-14,16H,9-12H2,1-4H3. The maximum Gasteiger partial charge on any atom is 0.266 e. The molecule has 1 atom stereocenters. The first-order chi connectivity index (χ1) is 15.2. The highest BCUT2D eigenvalue weighted by Gasteiger charge is 2.27. The Kier molecular flexibility index (Phi) is 6.29. The van der Waals surface area contributed by atoms with Gasteiger partial charge in [-0.25, -0.2) is 8.42 Å². The Morgan fingerprint density at radius 1 is 1.00 bits per heavy atom. The SMILES string of the molecule is CC(C)c1nc(N2CCC(OC(C)c3nc(-c4ccc(S(C)(=O)=O)cc4)no3)CC2)no1. The van der Waals surface area contributed by atoms with Gasteiger partial charge in [0.15, 0.2) is 9.84 Å². The van der Waals surface area contributed by atoms with Gasteiger partial charge in [-0.15, -0.1) is 0 Å². The summed E-state index contributed by atoms with van der Waals surface area (Å²) in [7, 11) is -3.25. The Morgan fingerprint density at radius 3 is 2.25 bits per heavy atom. The maximum absolute atomic E-state index is 11.6. The van der Waals surface area contributed by atoms with Crippen LogP contribution >= 0.6 is 0 Å². The predicted molar refractivity (Wildman–Crippen MR) is 116 cm³/mol. The Balaban J connectivity index is 1.33. The first-order valence-electron chi connectivity index (χ1n) is 10.6. The summed E-state index contributed by atoms with van der Waals surface area (Å²) in [6.07, 6.45) is 2.51. The molecule has 32 heavy (non-hydrogen) atoms. The third-order valence-corrected chi connectivity index (χ3v) is 6.50. The van der Waals surface area contributed by atoms with E-state index in [1.807, 2.05) is 20.8 Å². The third kappa shape index (κ3) is 4.99. The van der Waals surface area contributed by atoms with Crippen LogP contribution in [-0.4, -0.2) is 54.1 Å². The fourth-order valence-corrected chi connectivity index (χ4v) is 4.13. The predicted octanol–water partition coefficient (Wildman–Crippen LogP) is 3.39. The van der Waals surface area contributed by atoms with Gasteiger partial charge in [0, 0.05) is 30.8 Å². The molecule has 1 unspecified atom stereocenters. The molecule has 10 nitrogen and oxygen atoms in total. The highest BCUT2D eigenvalue weighted by molar-refractivity contribution is 7.90. The summed E-state index contributed by atoms with van der Waals surface area (Å²) in [5.74, 6) is 2.25. The van der Waals surface area contributed by atoms with Gasteiger partial charge in [0.05, 0.1) is 11.0 Å². The minimum atomic E-state index is -3.25. The van der Waals surface area contributed by atoms with Crippen LogP contribution < -0.4 is 4.90 Å². The minimum absolute atomic E-state index is 0.0575. The largest absolute Gasteiger partial charge is 0.365 e. The second kappa shape index (κ2) is 8.99. The summed E-state index contributed by atoms with van der Waals surface area (Å²) < 4.78 is 40.1. The maximum atomic E-state index is 11.6. The van der Waals surface area contributed by atoms with E-state index in [1.54, 1.807) is 12.1 Å². The molecule has 3 heterocycles. The monoisotopic (exact) mass is 461 g/mol. The van der Waals surface area contributed by atoms with Crippen LogP contribution in [0.3, 0.4) is 0 Å². The molecule has 2 aromatic heterocycles. The van der Waals surface area contributed by atoms with Crippen molar-refractivity contribution in [1.29, 1.82) is 0 Å². The molecule has 0 amide bonds. The van der Waals surface area contributed by atoms with E-state index < -0.39 is 9.84 Å². The molecule has 0 radical (unpaired) electrons. The zero-order chi connectivity index (χ0) is 22.9. The molecule has 0 N–H and O–H groups in total. The van der Waals surface area contributed by atoms with Crippen molar-refractivity contribution in [2.24, 2.45) is 0 Å². The summed E-state index contributed by atoms with van der Waals surface area (Å²) in [4.78, 5) is 11.2. The third-order valence-electron chi connectivity index (χ3n) is 5.38. The quantitative estimate of drug-likeness (QED) is 0.517. The van der Waals surface area contributed by atoms with E-state index in [9.17, 15) is 8.42 Å². The van der Waals surface area contributed by atoms with E-state index >= 15 is 0 Å². The molecule has 3 aromatic rings. The fraction of sp³-hybridized carbons (Fsp3) is 0.524. The van der Waals surface area contributed by atoms with Crippen molar-refractivity contribution in [3.63, 3.8) is 0 Å². The van der Waals surface area contributed by atoms with Gasteiger partial charge in [-0.1, -0.05) is 19.0 Å².